The van der Waals surface area contributed by atoms with E-state index in [0.717, 1.165) is 4.68 Å². The largest absolute Gasteiger partial charge is 0.497 e. The summed E-state index contributed by atoms with van der Waals surface area (Å²) in [4.78, 5) is 25.6. The molecular formula is C19H20N4O4. The number of nitrogens with one attached hydrogen (secondary N) is 1. The lowest BCUT2D eigenvalue weighted by molar-refractivity contribution is -0.119. The lowest BCUT2D eigenvalue weighted by atomic mass is 10.2. The van der Waals surface area contributed by atoms with Gasteiger partial charge in [0.15, 0.2) is 0 Å². The van der Waals surface area contributed by atoms with E-state index in [1.807, 2.05) is 0 Å². The minimum absolute atomic E-state index is 0.361. The Bertz CT molecular complexity index is 1030. The van der Waals surface area contributed by atoms with E-state index in [0.29, 0.717) is 34.5 Å². The molecule has 0 saturated heterocycles. The number of nitrogens with zero attached hydrogens (tertiary/aromatic N) is 3. The van der Waals surface area contributed by atoms with Gasteiger partial charge in [-0.25, -0.2) is 0 Å². The Labute approximate surface area is 155 Å². The molecule has 0 aliphatic heterocycles. The van der Waals surface area contributed by atoms with E-state index in [-0.39, 0.29) is 5.56 Å². The van der Waals surface area contributed by atoms with Gasteiger partial charge in [0.2, 0.25) is 5.91 Å². The molecular weight excluding hydrogens is 348 g/mol. The maximum absolute atomic E-state index is 12.9. The number of benzene rings is 2. The second-order valence-corrected chi connectivity index (χ2v) is 5.84. The molecule has 3 rings (SSSR count). The monoisotopic (exact) mass is 368 g/mol. The second kappa shape index (κ2) is 7.86. The van der Waals surface area contributed by atoms with E-state index < -0.39 is 11.9 Å². The maximum atomic E-state index is 12.9. The summed E-state index contributed by atoms with van der Waals surface area (Å²) in [5.74, 6) is 0.661. The van der Waals surface area contributed by atoms with Gasteiger partial charge < -0.3 is 14.8 Å². The van der Waals surface area contributed by atoms with Crippen molar-refractivity contribution in [1.29, 1.82) is 0 Å². The highest BCUT2D eigenvalue weighted by atomic mass is 16.5. The summed E-state index contributed by atoms with van der Waals surface area (Å²) < 4.78 is 11.6. The van der Waals surface area contributed by atoms with Crippen molar-refractivity contribution in [3.05, 3.63) is 52.8 Å². The summed E-state index contributed by atoms with van der Waals surface area (Å²) >= 11 is 0. The molecule has 1 N–H and O–H groups in total. The number of ether oxygens (including phenoxy) is 2. The molecule has 1 aromatic heterocycles. The van der Waals surface area contributed by atoms with Crippen molar-refractivity contribution in [2.45, 2.75) is 19.4 Å². The lowest BCUT2D eigenvalue weighted by Crippen LogP contribution is -2.35. The summed E-state index contributed by atoms with van der Waals surface area (Å²) in [5, 5.41) is 11.2. The highest BCUT2D eigenvalue weighted by molar-refractivity contribution is 5.95. The molecule has 140 valence electrons. The van der Waals surface area contributed by atoms with Gasteiger partial charge in [-0.1, -0.05) is 24.3 Å². The number of hydrogen-bond donors (Lipinski definition) is 1. The predicted molar refractivity (Wildman–Crippen MR) is 101 cm³/mol. The van der Waals surface area contributed by atoms with Crippen LogP contribution >= 0.6 is 0 Å². The zero-order valence-corrected chi connectivity index (χ0v) is 15.3. The highest BCUT2D eigenvalue weighted by Gasteiger charge is 2.23. The number of anilines is 1. The van der Waals surface area contributed by atoms with Crippen LogP contribution in [0.15, 0.2) is 47.3 Å². The average Bonchev–Trinajstić information content (AvgIpc) is 2.70. The molecule has 0 bridgehead atoms. The van der Waals surface area contributed by atoms with E-state index in [1.165, 1.54) is 14.2 Å². The smallest absolute Gasteiger partial charge is 0.278 e. The minimum Gasteiger partial charge on any atom is -0.497 e. The number of fused-ring (bicyclic) bond motifs is 1. The molecule has 1 amide bonds. The summed E-state index contributed by atoms with van der Waals surface area (Å²) in [6, 6.07) is 11.2. The van der Waals surface area contributed by atoms with Gasteiger partial charge in [-0.2, -0.15) is 4.68 Å². The average molecular weight is 368 g/mol. The number of aromatic nitrogens is 3. The standard InChI is InChI=1S/C19H20N4O4/c1-4-16(23-19(25)13-7-5-6-8-14(13)21-22-23)18(24)20-15-11-12(26-2)9-10-17(15)27-3/h5-11,16H,4H2,1-3H3,(H,20,24)/t16-/m1/s1. The number of rotatable bonds is 6. The van der Waals surface area contributed by atoms with Crippen LogP contribution in [0.25, 0.3) is 10.9 Å². The van der Waals surface area contributed by atoms with Crippen molar-refractivity contribution in [3.63, 3.8) is 0 Å². The quantitative estimate of drug-likeness (QED) is 0.718. The molecule has 0 fully saturated rings. The van der Waals surface area contributed by atoms with Crippen molar-refractivity contribution >= 4 is 22.5 Å². The molecule has 0 aliphatic carbocycles. The van der Waals surface area contributed by atoms with Crippen LogP contribution in [-0.4, -0.2) is 35.1 Å². The van der Waals surface area contributed by atoms with E-state index in [9.17, 15) is 9.59 Å². The van der Waals surface area contributed by atoms with Crippen molar-refractivity contribution in [1.82, 2.24) is 15.0 Å². The third-order valence-electron chi connectivity index (χ3n) is 4.24. The van der Waals surface area contributed by atoms with Crippen molar-refractivity contribution in [3.8, 4) is 11.5 Å². The predicted octanol–water partition coefficient (Wildman–Crippen LogP) is 2.40. The molecule has 3 aromatic rings. The topological polar surface area (TPSA) is 95.3 Å². The Balaban J connectivity index is 1.96. The molecule has 0 unspecified atom stereocenters. The maximum Gasteiger partial charge on any atom is 0.278 e. The fraction of sp³-hybridized carbons (Fsp3) is 0.263. The summed E-state index contributed by atoms with van der Waals surface area (Å²) in [5.41, 5.74) is 0.575. The van der Waals surface area contributed by atoms with Crippen LogP contribution in [0.3, 0.4) is 0 Å². The number of carbonyl (C=O) groups is 1. The molecule has 2 aromatic carbocycles. The van der Waals surface area contributed by atoms with E-state index >= 15 is 0 Å². The minimum atomic E-state index is -0.814. The lowest BCUT2D eigenvalue weighted by Gasteiger charge is -2.18. The van der Waals surface area contributed by atoms with E-state index in [4.69, 9.17) is 9.47 Å². The third-order valence-corrected chi connectivity index (χ3v) is 4.24. The Morgan fingerprint density at radius 1 is 1.19 bits per heavy atom. The Hall–Kier alpha value is -3.42. The van der Waals surface area contributed by atoms with Crippen molar-refractivity contribution < 1.29 is 14.3 Å². The van der Waals surface area contributed by atoms with E-state index in [1.54, 1.807) is 49.4 Å². The van der Waals surface area contributed by atoms with Gasteiger partial charge in [0.25, 0.3) is 5.56 Å². The summed E-state index contributed by atoms with van der Waals surface area (Å²) in [7, 11) is 3.04. The number of hydrogen-bond acceptors (Lipinski definition) is 6. The number of amides is 1. The van der Waals surface area contributed by atoms with Gasteiger partial charge in [-0.3, -0.25) is 9.59 Å². The van der Waals surface area contributed by atoms with Crippen LogP contribution in [0.2, 0.25) is 0 Å². The van der Waals surface area contributed by atoms with Gasteiger partial charge in [-0.05, 0) is 30.7 Å². The van der Waals surface area contributed by atoms with Crippen LogP contribution in [0, 0.1) is 0 Å². The number of carbonyl (C=O) groups excluding carboxylic acids is 1. The molecule has 0 saturated carbocycles. The van der Waals surface area contributed by atoms with Crippen molar-refractivity contribution in [2.24, 2.45) is 0 Å². The first-order valence-electron chi connectivity index (χ1n) is 8.46. The third kappa shape index (κ3) is 3.59. The van der Waals surface area contributed by atoms with E-state index in [2.05, 4.69) is 15.6 Å². The van der Waals surface area contributed by atoms with Gasteiger partial charge in [0.05, 0.1) is 25.3 Å². The number of methoxy groups -OCH3 is 2. The molecule has 1 heterocycles. The SMILES string of the molecule is CC[C@H](C(=O)Nc1cc(OC)ccc1OC)n1nnc2ccccc2c1=O. The fourth-order valence-electron chi connectivity index (χ4n) is 2.80. The second-order valence-electron chi connectivity index (χ2n) is 5.84. The molecule has 27 heavy (non-hydrogen) atoms. The Kier molecular flexibility index (Phi) is 5.35. The van der Waals surface area contributed by atoms with Crippen LogP contribution in [0.5, 0.6) is 11.5 Å². The van der Waals surface area contributed by atoms with Gasteiger partial charge in [0, 0.05) is 6.07 Å². The van der Waals surface area contributed by atoms with Crippen LogP contribution < -0.4 is 20.3 Å². The Morgan fingerprint density at radius 2 is 1.96 bits per heavy atom. The van der Waals surface area contributed by atoms with Gasteiger partial charge >= 0.3 is 0 Å². The zero-order valence-electron chi connectivity index (χ0n) is 15.3. The van der Waals surface area contributed by atoms with Crippen LogP contribution in [0.4, 0.5) is 5.69 Å². The molecule has 1 atom stereocenters. The summed E-state index contributed by atoms with van der Waals surface area (Å²) in [6.45, 7) is 1.80. The molecule has 8 heteroatoms. The molecule has 0 radical (unpaired) electrons. The highest BCUT2D eigenvalue weighted by Crippen LogP contribution is 2.29. The van der Waals surface area contributed by atoms with Gasteiger partial charge in [0.1, 0.15) is 23.1 Å². The first kappa shape index (κ1) is 18.4. The molecule has 0 aliphatic rings. The summed E-state index contributed by atoms with van der Waals surface area (Å²) in [6.07, 6.45) is 0.366. The first-order valence-corrected chi connectivity index (χ1v) is 8.46. The molecule has 8 nitrogen and oxygen atoms in total. The van der Waals surface area contributed by atoms with Crippen LogP contribution in [-0.2, 0) is 4.79 Å². The van der Waals surface area contributed by atoms with Gasteiger partial charge in [-0.15, -0.1) is 5.10 Å². The van der Waals surface area contributed by atoms with Crippen molar-refractivity contribution in [2.75, 3.05) is 19.5 Å². The fourth-order valence-corrected chi connectivity index (χ4v) is 2.80. The van der Waals surface area contributed by atoms with Crippen LogP contribution in [0.1, 0.15) is 19.4 Å². The Morgan fingerprint density at radius 3 is 2.67 bits per heavy atom. The molecule has 0 spiro atoms. The normalized spacial score (nSPS) is 11.8. The zero-order chi connectivity index (χ0) is 19.4. The first-order chi connectivity index (χ1) is 13.1.